The van der Waals surface area contributed by atoms with Gasteiger partial charge >= 0.3 is 0 Å². The molecular formula is C12H19ClN2O2S2. The third kappa shape index (κ3) is 4.27. The second-order valence-electron chi connectivity index (χ2n) is 4.33. The van der Waals surface area contributed by atoms with Crippen molar-refractivity contribution < 1.29 is 8.42 Å². The number of hydrogen-bond acceptors (Lipinski definition) is 4. The molecule has 4 nitrogen and oxygen atoms in total. The quantitative estimate of drug-likeness (QED) is 0.790. The normalized spacial score (nSPS) is 13.5. The number of nitrogens with one attached hydrogen (secondary N) is 1. The van der Waals surface area contributed by atoms with Crippen LogP contribution in [0.3, 0.4) is 0 Å². The number of thioether (sulfide) groups is 1. The number of nitrogens with two attached hydrogens (primary N) is 1. The summed E-state index contributed by atoms with van der Waals surface area (Å²) in [5.74, 6) is 0.734. The molecule has 1 aromatic carbocycles. The minimum Gasteiger partial charge on any atom is -0.397 e. The average molecular weight is 323 g/mol. The maximum Gasteiger partial charge on any atom is 0.240 e. The Morgan fingerprint density at radius 3 is 2.58 bits per heavy atom. The molecule has 0 aliphatic carbocycles. The highest BCUT2D eigenvalue weighted by atomic mass is 35.5. The zero-order valence-electron chi connectivity index (χ0n) is 11.2. The van der Waals surface area contributed by atoms with Crippen LogP contribution in [0.2, 0.25) is 5.02 Å². The summed E-state index contributed by atoms with van der Waals surface area (Å²) in [5.41, 5.74) is 6.64. The van der Waals surface area contributed by atoms with Crippen LogP contribution in [0, 0.1) is 6.92 Å². The maximum atomic E-state index is 12.3. The summed E-state index contributed by atoms with van der Waals surface area (Å²) in [7, 11) is -3.56. The number of hydrogen-bond donors (Lipinski definition) is 2. The van der Waals surface area contributed by atoms with Crippen molar-refractivity contribution in [1.82, 2.24) is 4.72 Å². The van der Waals surface area contributed by atoms with E-state index in [-0.39, 0.29) is 16.6 Å². The second-order valence-corrected chi connectivity index (χ2v) is 7.33. The van der Waals surface area contributed by atoms with Crippen molar-refractivity contribution in [2.24, 2.45) is 0 Å². The van der Waals surface area contributed by atoms with Gasteiger partial charge in [-0.1, -0.05) is 18.5 Å². The Morgan fingerprint density at radius 2 is 2.11 bits per heavy atom. The minimum atomic E-state index is -3.56. The van der Waals surface area contributed by atoms with E-state index in [0.29, 0.717) is 10.6 Å². The van der Waals surface area contributed by atoms with Crippen LogP contribution in [-0.4, -0.2) is 26.5 Å². The summed E-state index contributed by atoms with van der Waals surface area (Å²) in [6.45, 7) is 3.68. The molecule has 108 valence electrons. The molecule has 0 saturated heterocycles. The fourth-order valence-electron chi connectivity index (χ4n) is 1.64. The first kappa shape index (κ1) is 16.6. The summed E-state index contributed by atoms with van der Waals surface area (Å²) >= 11 is 7.55. The third-order valence-corrected chi connectivity index (χ3v) is 5.50. The van der Waals surface area contributed by atoms with Crippen LogP contribution in [0.5, 0.6) is 0 Å². The van der Waals surface area contributed by atoms with Crippen molar-refractivity contribution in [1.29, 1.82) is 0 Å². The summed E-state index contributed by atoms with van der Waals surface area (Å²) in [6, 6.07) is 2.84. The summed E-state index contributed by atoms with van der Waals surface area (Å²) in [5, 5.41) is 0.398. The summed E-state index contributed by atoms with van der Waals surface area (Å²) in [6.07, 6.45) is 2.68. The largest absolute Gasteiger partial charge is 0.397 e. The highest BCUT2D eigenvalue weighted by Crippen LogP contribution is 2.27. The predicted octanol–water partition coefficient (Wildman–Crippen LogP) is 2.65. The molecule has 0 spiro atoms. The van der Waals surface area contributed by atoms with Crippen molar-refractivity contribution >= 4 is 39.1 Å². The Balaban J connectivity index is 3.07. The monoisotopic (exact) mass is 322 g/mol. The van der Waals surface area contributed by atoms with Crippen LogP contribution in [0.1, 0.15) is 18.9 Å². The minimum absolute atomic E-state index is 0.0859. The number of rotatable bonds is 6. The fourth-order valence-corrected chi connectivity index (χ4v) is 4.02. The van der Waals surface area contributed by atoms with Gasteiger partial charge in [-0.15, -0.1) is 0 Å². The first-order valence-corrected chi connectivity index (χ1v) is 9.14. The van der Waals surface area contributed by atoms with Crippen LogP contribution < -0.4 is 10.5 Å². The molecule has 1 unspecified atom stereocenters. The number of nitrogen functional groups attached to an aromatic ring is 1. The Morgan fingerprint density at radius 1 is 1.47 bits per heavy atom. The van der Waals surface area contributed by atoms with Gasteiger partial charge in [0, 0.05) is 11.8 Å². The molecule has 19 heavy (non-hydrogen) atoms. The third-order valence-electron chi connectivity index (χ3n) is 2.75. The first-order chi connectivity index (χ1) is 8.81. The van der Waals surface area contributed by atoms with E-state index >= 15 is 0 Å². The second kappa shape index (κ2) is 6.83. The molecule has 1 atom stereocenters. The van der Waals surface area contributed by atoms with Crippen LogP contribution >= 0.6 is 23.4 Å². The Hall–Kier alpha value is -0.430. The van der Waals surface area contributed by atoms with Crippen LogP contribution in [-0.2, 0) is 10.0 Å². The molecule has 0 heterocycles. The van der Waals surface area contributed by atoms with Gasteiger partial charge in [-0.2, -0.15) is 11.8 Å². The highest BCUT2D eigenvalue weighted by molar-refractivity contribution is 7.98. The van der Waals surface area contributed by atoms with Crippen LogP contribution in [0.15, 0.2) is 17.0 Å². The molecule has 0 aliphatic rings. The number of halogens is 1. The Labute approximate surface area is 124 Å². The first-order valence-electron chi connectivity index (χ1n) is 5.88. The van der Waals surface area contributed by atoms with Gasteiger partial charge in [0.1, 0.15) is 0 Å². The molecular weight excluding hydrogens is 304 g/mol. The molecule has 7 heteroatoms. The van der Waals surface area contributed by atoms with E-state index < -0.39 is 10.0 Å². The molecule has 0 bridgehead atoms. The van der Waals surface area contributed by atoms with Crippen molar-refractivity contribution in [2.75, 3.05) is 17.7 Å². The van der Waals surface area contributed by atoms with Gasteiger partial charge in [-0.25, -0.2) is 13.1 Å². The van der Waals surface area contributed by atoms with Gasteiger partial charge < -0.3 is 5.73 Å². The molecule has 1 rings (SSSR count). The molecule has 1 aromatic rings. The molecule has 0 amide bonds. The Bertz CT molecular complexity index is 524. The predicted molar refractivity (Wildman–Crippen MR) is 83.4 cm³/mol. The number of benzene rings is 1. The van der Waals surface area contributed by atoms with Crippen molar-refractivity contribution in [3.63, 3.8) is 0 Å². The molecule has 0 saturated carbocycles. The molecule has 3 N–H and O–H groups in total. The lowest BCUT2D eigenvalue weighted by molar-refractivity contribution is 0.558. The van der Waals surface area contributed by atoms with E-state index in [1.807, 2.05) is 13.2 Å². The van der Waals surface area contributed by atoms with E-state index in [0.717, 1.165) is 12.2 Å². The molecule has 0 fully saturated rings. The number of aryl methyl sites for hydroxylation is 1. The SMILES string of the molecule is CCC(CSC)NS(=O)(=O)c1cc(C)c(Cl)c(N)c1. The van der Waals surface area contributed by atoms with Crippen LogP contribution in [0.4, 0.5) is 5.69 Å². The summed E-state index contributed by atoms with van der Waals surface area (Å²) in [4.78, 5) is 0.159. The number of sulfonamides is 1. The van der Waals surface area contributed by atoms with Gasteiger partial charge in [-0.05, 0) is 37.3 Å². The highest BCUT2D eigenvalue weighted by Gasteiger charge is 2.20. The van der Waals surface area contributed by atoms with Gasteiger partial charge in [0.2, 0.25) is 10.0 Å². The van der Waals surface area contributed by atoms with E-state index in [1.54, 1.807) is 18.7 Å². The molecule has 0 radical (unpaired) electrons. The maximum absolute atomic E-state index is 12.3. The topological polar surface area (TPSA) is 72.2 Å². The zero-order chi connectivity index (χ0) is 14.6. The van der Waals surface area contributed by atoms with Crippen molar-refractivity contribution in [3.8, 4) is 0 Å². The van der Waals surface area contributed by atoms with Gasteiger partial charge in [-0.3, -0.25) is 0 Å². The van der Waals surface area contributed by atoms with Crippen LogP contribution in [0.25, 0.3) is 0 Å². The standard InChI is InChI=1S/C12H19ClN2O2S2/c1-4-9(7-18-3)15-19(16,17)10-5-8(2)12(13)11(14)6-10/h5-6,9,15H,4,7,14H2,1-3H3. The van der Waals surface area contributed by atoms with E-state index in [1.165, 1.54) is 12.1 Å². The zero-order valence-corrected chi connectivity index (χ0v) is 13.6. The molecule has 0 aliphatic heterocycles. The van der Waals surface area contributed by atoms with Gasteiger partial charge in [0.15, 0.2) is 0 Å². The van der Waals surface area contributed by atoms with Gasteiger partial charge in [0.25, 0.3) is 0 Å². The average Bonchev–Trinajstić information content (AvgIpc) is 2.34. The fraction of sp³-hybridized carbons (Fsp3) is 0.500. The molecule has 0 aromatic heterocycles. The van der Waals surface area contributed by atoms with Gasteiger partial charge in [0.05, 0.1) is 15.6 Å². The van der Waals surface area contributed by atoms with E-state index in [4.69, 9.17) is 17.3 Å². The Kier molecular flexibility index (Phi) is 5.98. The van der Waals surface area contributed by atoms with E-state index in [2.05, 4.69) is 4.72 Å². The lowest BCUT2D eigenvalue weighted by atomic mass is 10.2. The van der Waals surface area contributed by atoms with Crippen molar-refractivity contribution in [3.05, 3.63) is 22.7 Å². The van der Waals surface area contributed by atoms with Crippen molar-refractivity contribution in [2.45, 2.75) is 31.2 Å². The lowest BCUT2D eigenvalue weighted by Gasteiger charge is -2.16. The lowest BCUT2D eigenvalue weighted by Crippen LogP contribution is -2.36. The van der Waals surface area contributed by atoms with E-state index in [9.17, 15) is 8.42 Å². The smallest absolute Gasteiger partial charge is 0.240 e. The summed E-state index contributed by atoms with van der Waals surface area (Å²) < 4.78 is 27.2. The number of anilines is 1.